The van der Waals surface area contributed by atoms with Gasteiger partial charge < -0.3 is 10.6 Å². The van der Waals surface area contributed by atoms with Crippen LogP contribution < -0.4 is 10.6 Å². The van der Waals surface area contributed by atoms with Crippen LogP contribution in [0.3, 0.4) is 0 Å². The minimum absolute atomic E-state index is 0.0695. The van der Waals surface area contributed by atoms with Crippen molar-refractivity contribution >= 4 is 5.91 Å². The minimum atomic E-state index is 0.0695. The molecule has 1 fully saturated rings. The van der Waals surface area contributed by atoms with Gasteiger partial charge in [-0.05, 0) is 5.56 Å². The molecule has 3 nitrogen and oxygen atoms in total. The van der Waals surface area contributed by atoms with E-state index < -0.39 is 0 Å². The Kier molecular flexibility index (Phi) is 2.27. The van der Waals surface area contributed by atoms with E-state index in [4.69, 9.17) is 0 Å². The summed E-state index contributed by atoms with van der Waals surface area (Å²) in [7, 11) is 0. The van der Waals surface area contributed by atoms with Crippen molar-refractivity contribution in [3.8, 4) is 0 Å². The summed E-state index contributed by atoms with van der Waals surface area (Å²) in [6.07, 6.45) is 0. The van der Waals surface area contributed by atoms with Crippen LogP contribution in [0.15, 0.2) is 30.3 Å². The predicted octanol–water partition coefficient (Wildman–Crippen LogP) is 0.447. The van der Waals surface area contributed by atoms with Gasteiger partial charge in [0.2, 0.25) is 5.91 Å². The van der Waals surface area contributed by atoms with Gasteiger partial charge in [-0.15, -0.1) is 0 Å². The molecule has 68 valence electrons. The third-order valence-electron chi connectivity index (χ3n) is 2.17. The zero-order chi connectivity index (χ0) is 9.10. The van der Waals surface area contributed by atoms with E-state index in [0.717, 1.165) is 12.1 Å². The summed E-state index contributed by atoms with van der Waals surface area (Å²) in [6, 6.07) is 10.1. The van der Waals surface area contributed by atoms with Crippen molar-refractivity contribution in [1.29, 1.82) is 0 Å². The summed E-state index contributed by atoms with van der Waals surface area (Å²) in [5, 5.41) is 6.00. The molecular formula is C10H12N2O. The smallest absolute Gasteiger partial charge is 0.234 e. The number of benzene rings is 1. The second-order valence-corrected chi connectivity index (χ2v) is 3.16. The summed E-state index contributed by atoms with van der Waals surface area (Å²) in [5.41, 5.74) is 1.16. The van der Waals surface area contributed by atoms with Crippen molar-refractivity contribution in [2.45, 2.75) is 6.04 Å². The predicted molar refractivity (Wildman–Crippen MR) is 50.2 cm³/mol. The summed E-state index contributed by atoms with van der Waals surface area (Å²) in [4.78, 5) is 11.1. The van der Waals surface area contributed by atoms with Crippen LogP contribution in [0, 0.1) is 0 Å². The molecule has 1 atom stereocenters. The highest BCUT2D eigenvalue weighted by atomic mass is 16.2. The SMILES string of the molecule is O=C1CNC[C@@H](c2ccccc2)N1. The van der Waals surface area contributed by atoms with Crippen LogP contribution in [0.25, 0.3) is 0 Å². The summed E-state index contributed by atoms with van der Waals surface area (Å²) in [6.45, 7) is 1.25. The normalized spacial score (nSPS) is 22.5. The molecule has 1 heterocycles. The summed E-state index contributed by atoms with van der Waals surface area (Å²) < 4.78 is 0. The van der Waals surface area contributed by atoms with Gasteiger partial charge in [0.1, 0.15) is 0 Å². The maximum atomic E-state index is 11.1. The Hall–Kier alpha value is -1.35. The van der Waals surface area contributed by atoms with Crippen LogP contribution >= 0.6 is 0 Å². The number of hydrogen-bond donors (Lipinski definition) is 2. The Labute approximate surface area is 77.1 Å². The van der Waals surface area contributed by atoms with Gasteiger partial charge >= 0.3 is 0 Å². The fraction of sp³-hybridized carbons (Fsp3) is 0.300. The number of piperazine rings is 1. The van der Waals surface area contributed by atoms with Crippen LogP contribution in [0.4, 0.5) is 0 Å². The molecule has 1 aliphatic heterocycles. The fourth-order valence-corrected chi connectivity index (χ4v) is 1.51. The third-order valence-corrected chi connectivity index (χ3v) is 2.17. The number of hydrogen-bond acceptors (Lipinski definition) is 2. The highest BCUT2D eigenvalue weighted by molar-refractivity contribution is 5.79. The Morgan fingerprint density at radius 3 is 2.69 bits per heavy atom. The molecule has 0 unspecified atom stereocenters. The van der Waals surface area contributed by atoms with Gasteiger partial charge in [0.25, 0.3) is 0 Å². The number of carbonyl (C=O) groups excluding carboxylic acids is 1. The van der Waals surface area contributed by atoms with E-state index in [1.807, 2.05) is 30.3 Å². The lowest BCUT2D eigenvalue weighted by Crippen LogP contribution is -2.46. The Balaban J connectivity index is 2.13. The van der Waals surface area contributed by atoms with Gasteiger partial charge in [-0.25, -0.2) is 0 Å². The van der Waals surface area contributed by atoms with Gasteiger partial charge in [0.15, 0.2) is 0 Å². The van der Waals surface area contributed by atoms with Crippen molar-refractivity contribution < 1.29 is 4.79 Å². The molecule has 1 saturated heterocycles. The molecule has 2 rings (SSSR count). The van der Waals surface area contributed by atoms with Crippen LogP contribution in [0.5, 0.6) is 0 Å². The number of carbonyl (C=O) groups is 1. The van der Waals surface area contributed by atoms with E-state index >= 15 is 0 Å². The van der Waals surface area contributed by atoms with Crippen molar-refractivity contribution in [3.63, 3.8) is 0 Å². The lowest BCUT2D eigenvalue weighted by molar-refractivity contribution is -0.122. The van der Waals surface area contributed by atoms with E-state index in [9.17, 15) is 4.79 Å². The van der Waals surface area contributed by atoms with Gasteiger partial charge in [-0.3, -0.25) is 4.79 Å². The van der Waals surface area contributed by atoms with E-state index in [0.29, 0.717) is 6.54 Å². The molecule has 3 heteroatoms. The highest BCUT2D eigenvalue weighted by Gasteiger charge is 2.18. The van der Waals surface area contributed by atoms with Crippen LogP contribution in [-0.4, -0.2) is 19.0 Å². The largest absolute Gasteiger partial charge is 0.347 e. The summed E-state index contributed by atoms with van der Waals surface area (Å²) >= 11 is 0. The van der Waals surface area contributed by atoms with Gasteiger partial charge in [-0.1, -0.05) is 30.3 Å². The molecule has 0 aromatic heterocycles. The molecule has 2 N–H and O–H groups in total. The average molecular weight is 176 g/mol. The van der Waals surface area contributed by atoms with Crippen molar-refractivity contribution in [2.75, 3.05) is 13.1 Å². The zero-order valence-electron chi connectivity index (χ0n) is 7.29. The third kappa shape index (κ3) is 1.87. The van der Waals surface area contributed by atoms with Gasteiger partial charge in [0, 0.05) is 6.54 Å². The van der Waals surface area contributed by atoms with Crippen LogP contribution in [0.1, 0.15) is 11.6 Å². The molecule has 13 heavy (non-hydrogen) atoms. The highest BCUT2D eigenvalue weighted by Crippen LogP contribution is 2.12. The Morgan fingerprint density at radius 1 is 1.23 bits per heavy atom. The van der Waals surface area contributed by atoms with E-state index in [1.165, 1.54) is 0 Å². The molecule has 0 saturated carbocycles. The number of rotatable bonds is 1. The second-order valence-electron chi connectivity index (χ2n) is 3.16. The first kappa shape index (κ1) is 8.26. The Morgan fingerprint density at radius 2 is 2.00 bits per heavy atom. The average Bonchev–Trinajstić information content (AvgIpc) is 2.19. The quantitative estimate of drug-likeness (QED) is 0.652. The maximum absolute atomic E-state index is 11.1. The molecule has 0 aliphatic carbocycles. The first-order valence-electron chi connectivity index (χ1n) is 4.41. The van der Waals surface area contributed by atoms with Crippen LogP contribution in [-0.2, 0) is 4.79 Å². The molecule has 1 aromatic rings. The molecule has 0 radical (unpaired) electrons. The summed E-state index contributed by atoms with van der Waals surface area (Å²) in [5.74, 6) is 0.0695. The van der Waals surface area contributed by atoms with Gasteiger partial charge in [-0.2, -0.15) is 0 Å². The van der Waals surface area contributed by atoms with Gasteiger partial charge in [0.05, 0.1) is 12.6 Å². The standard InChI is InChI=1S/C10H12N2O/c13-10-7-11-6-9(12-10)8-4-2-1-3-5-8/h1-5,9,11H,6-7H2,(H,12,13)/t9-/m0/s1. The van der Waals surface area contributed by atoms with Crippen LogP contribution in [0.2, 0.25) is 0 Å². The first-order chi connectivity index (χ1) is 6.36. The molecule has 1 aromatic carbocycles. The molecular weight excluding hydrogens is 164 g/mol. The zero-order valence-corrected chi connectivity index (χ0v) is 7.29. The Bertz CT molecular complexity index is 297. The molecule has 1 aliphatic rings. The van der Waals surface area contributed by atoms with Crippen molar-refractivity contribution in [1.82, 2.24) is 10.6 Å². The lowest BCUT2D eigenvalue weighted by Gasteiger charge is -2.24. The topological polar surface area (TPSA) is 41.1 Å². The van der Waals surface area contributed by atoms with E-state index in [-0.39, 0.29) is 11.9 Å². The maximum Gasteiger partial charge on any atom is 0.234 e. The first-order valence-corrected chi connectivity index (χ1v) is 4.41. The number of nitrogens with one attached hydrogen (secondary N) is 2. The van der Waals surface area contributed by atoms with E-state index in [2.05, 4.69) is 10.6 Å². The molecule has 1 amide bonds. The van der Waals surface area contributed by atoms with Crippen molar-refractivity contribution in [2.24, 2.45) is 0 Å². The lowest BCUT2D eigenvalue weighted by atomic mass is 10.1. The monoisotopic (exact) mass is 176 g/mol. The second kappa shape index (κ2) is 3.58. The molecule has 0 spiro atoms. The minimum Gasteiger partial charge on any atom is -0.347 e. The fourth-order valence-electron chi connectivity index (χ4n) is 1.51. The number of amides is 1. The van der Waals surface area contributed by atoms with E-state index in [1.54, 1.807) is 0 Å². The molecule has 0 bridgehead atoms. The van der Waals surface area contributed by atoms with Crippen molar-refractivity contribution in [3.05, 3.63) is 35.9 Å².